The van der Waals surface area contributed by atoms with E-state index in [0.717, 1.165) is 18.4 Å². The van der Waals surface area contributed by atoms with E-state index in [0.29, 0.717) is 5.54 Å². The zero-order valence-corrected chi connectivity index (χ0v) is 12.5. The maximum Gasteiger partial charge on any atom is 0.0331 e. The summed E-state index contributed by atoms with van der Waals surface area (Å²) >= 11 is 0. The van der Waals surface area contributed by atoms with E-state index in [1.54, 1.807) is 0 Å². The SMILES string of the molecule is CCC1CCC(CN)(N(CC)CCC2CC2)CC1. The highest BCUT2D eigenvalue weighted by atomic mass is 15.2. The summed E-state index contributed by atoms with van der Waals surface area (Å²) in [6, 6.07) is 0. The van der Waals surface area contributed by atoms with Crippen molar-refractivity contribution in [1.29, 1.82) is 0 Å². The van der Waals surface area contributed by atoms with Gasteiger partial charge in [0.25, 0.3) is 0 Å². The fraction of sp³-hybridized carbons (Fsp3) is 1.00. The average Bonchev–Trinajstić information content (AvgIpc) is 3.24. The highest BCUT2D eigenvalue weighted by molar-refractivity contribution is 4.96. The summed E-state index contributed by atoms with van der Waals surface area (Å²) in [4.78, 5) is 2.72. The van der Waals surface area contributed by atoms with E-state index in [2.05, 4.69) is 18.7 Å². The van der Waals surface area contributed by atoms with Crippen molar-refractivity contribution in [3.8, 4) is 0 Å². The van der Waals surface area contributed by atoms with Gasteiger partial charge in [-0.2, -0.15) is 0 Å². The van der Waals surface area contributed by atoms with Crippen molar-refractivity contribution < 1.29 is 0 Å². The van der Waals surface area contributed by atoms with Gasteiger partial charge >= 0.3 is 0 Å². The molecule has 2 heteroatoms. The molecule has 0 aromatic rings. The van der Waals surface area contributed by atoms with Gasteiger partial charge in [0.15, 0.2) is 0 Å². The summed E-state index contributed by atoms with van der Waals surface area (Å²) in [5, 5.41) is 0. The number of nitrogens with zero attached hydrogens (tertiary/aromatic N) is 1. The van der Waals surface area contributed by atoms with Crippen LogP contribution in [0.4, 0.5) is 0 Å². The Morgan fingerprint density at radius 3 is 2.17 bits per heavy atom. The molecule has 0 unspecified atom stereocenters. The first-order valence-corrected chi connectivity index (χ1v) is 8.19. The number of hydrogen-bond acceptors (Lipinski definition) is 2. The lowest BCUT2D eigenvalue weighted by atomic mass is 9.74. The topological polar surface area (TPSA) is 29.3 Å². The average molecular weight is 252 g/mol. The summed E-state index contributed by atoms with van der Waals surface area (Å²) in [6.07, 6.45) is 11.2. The molecule has 0 atom stereocenters. The number of nitrogens with two attached hydrogens (primary N) is 1. The van der Waals surface area contributed by atoms with Crippen LogP contribution in [0.15, 0.2) is 0 Å². The van der Waals surface area contributed by atoms with Gasteiger partial charge in [0.2, 0.25) is 0 Å². The predicted molar refractivity (Wildman–Crippen MR) is 78.6 cm³/mol. The standard InChI is InChI=1S/C16H32N2/c1-3-14-7-10-16(13-17,11-8-14)18(4-2)12-9-15-5-6-15/h14-15H,3-13,17H2,1-2H3. The molecule has 2 aliphatic carbocycles. The van der Waals surface area contributed by atoms with Gasteiger partial charge in [0, 0.05) is 12.1 Å². The molecular formula is C16H32N2. The van der Waals surface area contributed by atoms with E-state index in [1.165, 1.54) is 64.5 Å². The first-order valence-electron chi connectivity index (χ1n) is 8.19. The molecule has 2 saturated carbocycles. The van der Waals surface area contributed by atoms with Crippen molar-refractivity contribution in [3.63, 3.8) is 0 Å². The minimum absolute atomic E-state index is 0.343. The molecule has 2 rings (SSSR count). The molecule has 0 aromatic carbocycles. The molecule has 0 amide bonds. The van der Waals surface area contributed by atoms with Crippen LogP contribution in [0.5, 0.6) is 0 Å². The minimum atomic E-state index is 0.343. The lowest BCUT2D eigenvalue weighted by molar-refractivity contribution is 0.0437. The summed E-state index contributed by atoms with van der Waals surface area (Å²) in [6.45, 7) is 7.98. The van der Waals surface area contributed by atoms with E-state index < -0.39 is 0 Å². The third kappa shape index (κ3) is 3.27. The van der Waals surface area contributed by atoms with E-state index in [1.807, 2.05) is 0 Å². The van der Waals surface area contributed by atoms with Gasteiger partial charge in [-0.25, -0.2) is 0 Å². The molecule has 0 heterocycles. The van der Waals surface area contributed by atoms with Gasteiger partial charge in [-0.15, -0.1) is 0 Å². The minimum Gasteiger partial charge on any atom is -0.329 e. The summed E-state index contributed by atoms with van der Waals surface area (Å²) in [5.41, 5.74) is 6.52. The first-order chi connectivity index (χ1) is 8.74. The molecule has 0 saturated heterocycles. The normalized spacial score (nSPS) is 33.0. The molecule has 0 aliphatic heterocycles. The quantitative estimate of drug-likeness (QED) is 0.752. The largest absolute Gasteiger partial charge is 0.329 e. The van der Waals surface area contributed by atoms with Gasteiger partial charge < -0.3 is 5.73 Å². The molecule has 2 N–H and O–H groups in total. The smallest absolute Gasteiger partial charge is 0.0331 e. The fourth-order valence-electron chi connectivity index (χ4n) is 3.75. The fourth-order valence-corrected chi connectivity index (χ4v) is 3.75. The Morgan fingerprint density at radius 1 is 1.06 bits per heavy atom. The van der Waals surface area contributed by atoms with E-state index in [4.69, 9.17) is 5.73 Å². The van der Waals surface area contributed by atoms with E-state index in [-0.39, 0.29) is 0 Å². The Hall–Kier alpha value is -0.0800. The van der Waals surface area contributed by atoms with Crippen LogP contribution in [0.25, 0.3) is 0 Å². The van der Waals surface area contributed by atoms with Crippen LogP contribution in [-0.2, 0) is 0 Å². The third-order valence-electron chi connectivity index (χ3n) is 5.55. The Balaban J connectivity index is 1.90. The molecule has 0 bridgehead atoms. The van der Waals surface area contributed by atoms with Crippen LogP contribution in [0.3, 0.4) is 0 Å². The predicted octanol–water partition coefficient (Wildman–Crippen LogP) is 3.41. The van der Waals surface area contributed by atoms with Crippen molar-refractivity contribution in [2.24, 2.45) is 17.6 Å². The molecule has 2 aliphatic rings. The highest BCUT2D eigenvalue weighted by Gasteiger charge is 2.38. The van der Waals surface area contributed by atoms with Gasteiger partial charge in [-0.1, -0.05) is 33.1 Å². The maximum atomic E-state index is 6.18. The number of rotatable bonds is 7. The molecular weight excluding hydrogens is 220 g/mol. The summed E-state index contributed by atoms with van der Waals surface area (Å²) in [5.74, 6) is 2.01. The van der Waals surface area contributed by atoms with Crippen LogP contribution >= 0.6 is 0 Å². The second-order valence-corrected chi connectivity index (χ2v) is 6.59. The molecule has 2 fully saturated rings. The highest BCUT2D eigenvalue weighted by Crippen LogP contribution is 2.39. The van der Waals surface area contributed by atoms with Crippen LogP contribution in [-0.4, -0.2) is 30.1 Å². The Bertz CT molecular complexity index is 239. The molecule has 0 radical (unpaired) electrons. The second-order valence-electron chi connectivity index (χ2n) is 6.59. The molecule has 0 spiro atoms. The Labute approximate surface area is 113 Å². The maximum absolute atomic E-state index is 6.18. The van der Waals surface area contributed by atoms with Gasteiger partial charge in [-0.05, 0) is 57.0 Å². The van der Waals surface area contributed by atoms with Crippen molar-refractivity contribution in [3.05, 3.63) is 0 Å². The molecule has 0 aromatic heterocycles. The first kappa shape index (κ1) is 14.3. The van der Waals surface area contributed by atoms with Crippen molar-refractivity contribution in [1.82, 2.24) is 4.90 Å². The number of hydrogen-bond donors (Lipinski definition) is 1. The van der Waals surface area contributed by atoms with Crippen LogP contribution in [0.2, 0.25) is 0 Å². The van der Waals surface area contributed by atoms with Crippen LogP contribution < -0.4 is 5.73 Å². The third-order valence-corrected chi connectivity index (χ3v) is 5.55. The number of likely N-dealkylation sites (N-methyl/N-ethyl adjacent to an activating group) is 1. The monoisotopic (exact) mass is 252 g/mol. The van der Waals surface area contributed by atoms with Crippen LogP contribution in [0, 0.1) is 11.8 Å². The Morgan fingerprint density at radius 2 is 1.72 bits per heavy atom. The lowest BCUT2D eigenvalue weighted by Crippen LogP contribution is -2.56. The van der Waals surface area contributed by atoms with Crippen molar-refractivity contribution in [2.45, 2.75) is 70.8 Å². The van der Waals surface area contributed by atoms with E-state index in [9.17, 15) is 0 Å². The van der Waals surface area contributed by atoms with E-state index >= 15 is 0 Å². The molecule has 106 valence electrons. The van der Waals surface area contributed by atoms with Crippen molar-refractivity contribution in [2.75, 3.05) is 19.6 Å². The second kappa shape index (κ2) is 6.38. The molecule has 2 nitrogen and oxygen atoms in total. The van der Waals surface area contributed by atoms with Gasteiger partial charge in [0.05, 0.1) is 0 Å². The Kier molecular flexibility index (Phi) is 5.08. The zero-order chi connectivity index (χ0) is 13.0. The van der Waals surface area contributed by atoms with Crippen molar-refractivity contribution >= 4 is 0 Å². The summed E-state index contributed by atoms with van der Waals surface area (Å²) < 4.78 is 0. The zero-order valence-electron chi connectivity index (χ0n) is 12.5. The molecule has 18 heavy (non-hydrogen) atoms. The van der Waals surface area contributed by atoms with Gasteiger partial charge in [0.1, 0.15) is 0 Å². The lowest BCUT2D eigenvalue weighted by Gasteiger charge is -2.47. The summed E-state index contributed by atoms with van der Waals surface area (Å²) in [7, 11) is 0. The van der Waals surface area contributed by atoms with Crippen LogP contribution in [0.1, 0.15) is 65.2 Å². The van der Waals surface area contributed by atoms with Gasteiger partial charge in [-0.3, -0.25) is 4.90 Å².